The zero-order valence-corrected chi connectivity index (χ0v) is 10.5. The molecule has 0 bridgehead atoms. The van der Waals surface area contributed by atoms with E-state index < -0.39 is 0 Å². The summed E-state index contributed by atoms with van der Waals surface area (Å²) in [6, 6.07) is 7.63. The summed E-state index contributed by atoms with van der Waals surface area (Å²) in [5, 5.41) is 11.3. The molecular formula is C11H9AlN6. The lowest BCUT2D eigenvalue weighted by Gasteiger charge is -2.05. The van der Waals surface area contributed by atoms with Crippen molar-refractivity contribution < 1.29 is 0 Å². The van der Waals surface area contributed by atoms with Crippen molar-refractivity contribution >= 4 is 49.2 Å². The van der Waals surface area contributed by atoms with E-state index in [1.165, 1.54) is 0 Å². The molecule has 18 heavy (non-hydrogen) atoms. The van der Waals surface area contributed by atoms with Crippen LogP contribution in [-0.2, 0) is 0 Å². The quantitative estimate of drug-likeness (QED) is 0.577. The highest BCUT2D eigenvalue weighted by Crippen LogP contribution is 2.18. The second-order valence-electron chi connectivity index (χ2n) is 3.79. The second-order valence-corrected chi connectivity index (χ2v) is 4.37. The van der Waals surface area contributed by atoms with Crippen LogP contribution in [0.25, 0.3) is 10.9 Å². The number of fused-ring (bicyclic) bond motifs is 1. The highest BCUT2D eigenvalue weighted by atomic mass is 27.0. The zero-order chi connectivity index (χ0) is 12.5. The molecule has 0 aliphatic carbocycles. The van der Waals surface area contributed by atoms with Crippen molar-refractivity contribution in [2.75, 3.05) is 11.1 Å². The van der Waals surface area contributed by atoms with E-state index in [0.29, 0.717) is 5.82 Å². The Bertz CT molecular complexity index is 708. The molecule has 7 heteroatoms. The lowest BCUT2D eigenvalue weighted by molar-refractivity contribution is 1.14. The predicted molar refractivity (Wildman–Crippen MR) is 71.2 cm³/mol. The Kier molecular flexibility index (Phi) is 2.63. The summed E-state index contributed by atoms with van der Waals surface area (Å²) < 4.78 is 0.954. The number of benzene rings is 1. The number of H-pyrrole nitrogens is 1. The maximum absolute atomic E-state index is 5.53. The molecule has 86 valence electrons. The van der Waals surface area contributed by atoms with Crippen LogP contribution in [0.3, 0.4) is 0 Å². The number of nitrogens with two attached hydrogens (primary N) is 1. The highest BCUT2D eigenvalue weighted by molar-refractivity contribution is 6.37. The topological polar surface area (TPSA) is 92.5 Å². The number of nitrogens with one attached hydrogen (secondary N) is 2. The van der Waals surface area contributed by atoms with Gasteiger partial charge in [-0.1, -0.05) is 4.56 Å². The molecule has 0 unspecified atom stereocenters. The first-order valence-corrected chi connectivity index (χ1v) is 5.89. The van der Waals surface area contributed by atoms with Crippen molar-refractivity contribution in [1.29, 1.82) is 0 Å². The third-order valence-electron chi connectivity index (χ3n) is 2.53. The number of hydrogen-bond acceptors (Lipinski definition) is 5. The Morgan fingerprint density at radius 3 is 3.00 bits per heavy atom. The van der Waals surface area contributed by atoms with Crippen LogP contribution >= 0.6 is 0 Å². The molecule has 0 fully saturated rings. The third kappa shape index (κ3) is 2.01. The van der Waals surface area contributed by atoms with Gasteiger partial charge >= 0.3 is 0 Å². The number of aromatic amines is 1. The Hall–Kier alpha value is -2.10. The molecule has 0 spiro atoms. The van der Waals surface area contributed by atoms with Gasteiger partial charge in [-0.3, -0.25) is 0 Å². The number of nitrogens with zero attached hydrogens (tertiary/aromatic N) is 3. The summed E-state index contributed by atoms with van der Waals surface area (Å²) in [6.07, 6.45) is 1.61. The standard InChI is InChI=1S/C11H9N6.Al/c12-11-13-4-3-10(16-11)15-8-1-2-9-7(5-8)6-14-17-9;/h1-5H,(H,14,17)(H3,12,13,15,16);. The third-order valence-corrected chi connectivity index (χ3v) is 2.97. The average molecular weight is 252 g/mol. The molecule has 0 atom stereocenters. The largest absolute Gasteiger partial charge is 0.368 e. The van der Waals surface area contributed by atoms with Crippen molar-refractivity contribution in [2.24, 2.45) is 0 Å². The lowest BCUT2D eigenvalue weighted by Crippen LogP contribution is -2.03. The first-order valence-electron chi connectivity index (χ1n) is 5.31. The van der Waals surface area contributed by atoms with Gasteiger partial charge in [0.1, 0.15) is 5.82 Å². The number of anilines is 3. The monoisotopic (exact) mass is 252 g/mol. The molecule has 0 saturated carbocycles. The molecule has 2 radical (unpaired) electrons. The van der Waals surface area contributed by atoms with E-state index in [0.717, 1.165) is 21.1 Å². The van der Waals surface area contributed by atoms with Gasteiger partial charge in [0.2, 0.25) is 22.2 Å². The zero-order valence-electron chi connectivity index (χ0n) is 9.38. The number of aromatic nitrogens is 4. The van der Waals surface area contributed by atoms with Gasteiger partial charge < -0.3 is 16.1 Å². The predicted octanol–water partition coefficient (Wildman–Crippen LogP) is 0.472. The fraction of sp³-hybridized carbons (Fsp3) is 0. The van der Waals surface area contributed by atoms with Crippen molar-refractivity contribution in [2.45, 2.75) is 0 Å². The first-order chi connectivity index (χ1) is 8.72. The highest BCUT2D eigenvalue weighted by Gasteiger charge is 2.02. The molecule has 0 amide bonds. The van der Waals surface area contributed by atoms with Gasteiger partial charge in [-0.25, -0.2) is 4.98 Å². The number of hydrogen-bond donors (Lipinski definition) is 3. The Balaban J connectivity index is 1.97. The Morgan fingerprint density at radius 2 is 2.17 bits per heavy atom. The van der Waals surface area contributed by atoms with Crippen LogP contribution in [0, 0.1) is 0 Å². The molecule has 0 aliphatic heterocycles. The van der Waals surface area contributed by atoms with Crippen molar-refractivity contribution in [3.8, 4) is 0 Å². The molecule has 1 aromatic carbocycles. The van der Waals surface area contributed by atoms with Gasteiger partial charge in [0.15, 0.2) is 0 Å². The van der Waals surface area contributed by atoms with E-state index in [-0.39, 0.29) is 5.95 Å². The molecule has 3 aromatic rings. The Morgan fingerprint density at radius 1 is 1.28 bits per heavy atom. The van der Waals surface area contributed by atoms with Crippen LogP contribution in [0.5, 0.6) is 0 Å². The van der Waals surface area contributed by atoms with Crippen molar-refractivity contribution in [1.82, 2.24) is 20.2 Å². The first kappa shape index (κ1) is 11.0. The molecule has 4 N–H and O–H groups in total. The van der Waals surface area contributed by atoms with E-state index in [2.05, 4.69) is 41.8 Å². The SMILES string of the molecule is Nc1nccc(Nc2ccc3n[nH][c]([Al])c3c2)n1. The van der Waals surface area contributed by atoms with Crippen LogP contribution in [0.4, 0.5) is 17.5 Å². The fourth-order valence-corrected chi connectivity index (χ4v) is 1.99. The van der Waals surface area contributed by atoms with E-state index in [4.69, 9.17) is 5.73 Å². The van der Waals surface area contributed by atoms with Crippen LogP contribution in [0.1, 0.15) is 0 Å². The molecular weight excluding hydrogens is 243 g/mol. The normalized spacial score (nSPS) is 10.7. The van der Waals surface area contributed by atoms with Gasteiger partial charge in [-0.2, -0.15) is 10.1 Å². The van der Waals surface area contributed by atoms with Gasteiger partial charge in [0.05, 0.1) is 5.52 Å². The van der Waals surface area contributed by atoms with Crippen molar-refractivity contribution in [3.05, 3.63) is 30.5 Å². The minimum absolute atomic E-state index is 0.246. The van der Waals surface area contributed by atoms with Crippen molar-refractivity contribution in [3.63, 3.8) is 0 Å². The maximum atomic E-state index is 5.53. The van der Waals surface area contributed by atoms with Gasteiger partial charge in [-0.15, -0.1) is 0 Å². The van der Waals surface area contributed by atoms with Gasteiger partial charge in [0, 0.05) is 17.3 Å². The van der Waals surface area contributed by atoms with E-state index in [1.807, 2.05) is 18.2 Å². The van der Waals surface area contributed by atoms with E-state index >= 15 is 0 Å². The van der Waals surface area contributed by atoms with Crippen LogP contribution in [0.2, 0.25) is 0 Å². The number of nitrogen functional groups attached to an aromatic ring is 1. The summed E-state index contributed by atoms with van der Waals surface area (Å²) in [5.74, 6) is 0.909. The van der Waals surface area contributed by atoms with E-state index in [9.17, 15) is 0 Å². The number of rotatable bonds is 2. The molecule has 2 heterocycles. The summed E-state index contributed by atoms with van der Waals surface area (Å²) in [5.41, 5.74) is 7.38. The summed E-state index contributed by atoms with van der Waals surface area (Å²) in [6.45, 7) is 0. The van der Waals surface area contributed by atoms with Gasteiger partial charge in [-0.05, 0) is 24.3 Å². The summed E-state index contributed by atoms with van der Waals surface area (Å²) >= 11 is 2.62. The van der Waals surface area contributed by atoms with Crippen LogP contribution < -0.4 is 15.6 Å². The fourth-order valence-electron chi connectivity index (χ4n) is 1.70. The minimum Gasteiger partial charge on any atom is -0.368 e. The summed E-state index contributed by atoms with van der Waals surface area (Å²) in [4.78, 5) is 7.93. The maximum Gasteiger partial charge on any atom is 0.221 e. The molecule has 0 saturated heterocycles. The van der Waals surface area contributed by atoms with E-state index in [1.54, 1.807) is 12.3 Å². The van der Waals surface area contributed by atoms with Crippen LogP contribution in [0.15, 0.2) is 30.5 Å². The summed E-state index contributed by atoms with van der Waals surface area (Å²) in [7, 11) is 0. The molecule has 3 rings (SSSR count). The molecule has 6 nitrogen and oxygen atoms in total. The lowest BCUT2D eigenvalue weighted by atomic mass is 10.2. The average Bonchev–Trinajstić information content (AvgIpc) is 2.71. The Labute approximate surface area is 111 Å². The van der Waals surface area contributed by atoms with Gasteiger partial charge in [0.25, 0.3) is 0 Å². The molecule has 2 aromatic heterocycles. The van der Waals surface area contributed by atoms with Crippen LogP contribution in [-0.4, -0.2) is 36.5 Å². The molecule has 0 aliphatic rings. The minimum atomic E-state index is 0.246. The second kappa shape index (κ2) is 4.29. The smallest absolute Gasteiger partial charge is 0.221 e.